The molecule has 1 heterocycles. The maximum atomic E-state index is 12.0. The van der Waals surface area contributed by atoms with Crippen LogP contribution in [0.4, 0.5) is 0 Å². The van der Waals surface area contributed by atoms with Crippen molar-refractivity contribution < 1.29 is 4.79 Å². The van der Waals surface area contributed by atoms with Crippen LogP contribution in [0.5, 0.6) is 0 Å². The fourth-order valence-corrected chi connectivity index (χ4v) is 2.11. The van der Waals surface area contributed by atoms with Gasteiger partial charge in [-0.1, -0.05) is 37.3 Å². The quantitative estimate of drug-likeness (QED) is 0.814. The van der Waals surface area contributed by atoms with Crippen molar-refractivity contribution in [3.05, 3.63) is 53.9 Å². The molecule has 0 aliphatic carbocycles. The van der Waals surface area contributed by atoms with E-state index >= 15 is 0 Å². The third kappa shape index (κ3) is 4.72. The van der Waals surface area contributed by atoms with Crippen LogP contribution in [0.1, 0.15) is 29.8 Å². The highest BCUT2D eigenvalue weighted by Crippen LogP contribution is 2.04. The van der Waals surface area contributed by atoms with Gasteiger partial charge >= 0.3 is 0 Å². The van der Waals surface area contributed by atoms with E-state index in [4.69, 9.17) is 0 Å². The Morgan fingerprint density at radius 1 is 1.33 bits per heavy atom. The largest absolute Gasteiger partial charge is 0.350 e. The third-order valence-electron chi connectivity index (χ3n) is 3.20. The first kappa shape index (κ1) is 15.3. The summed E-state index contributed by atoms with van der Waals surface area (Å²) in [7, 11) is 0. The smallest absolute Gasteiger partial charge is 0.254 e. The monoisotopic (exact) mass is 286 g/mol. The van der Waals surface area contributed by atoms with Crippen LogP contribution in [0.25, 0.3) is 0 Å². The summed E-state index contributed by atoms with van der Waals surface area (Å²) in [6, 6.07) is 10.3. The number of hydrogen-bond donors (Lipinski definition) is 2. The van der Waals surface area contributed by atoms with Crippen LogP contribution in [-0.2, 0) is 6.54 Å². The number of hydrogen-bond acceptors (Lipinski definition) is 3. The van der Waals surface area contributed by atoms with Gasteiger partial charge in [-0.15, -0.1) is 0 Å². The van der Waals surface area contributed by atoms with Gasteiger partial charge in [-0.05, 0) is 19.0 Å². The van der Waals surface area contributed by atoms with Crippen molar-refractivity contribution in [3.8, 4) is 0 Å². The molecule has 1 atom stereocenters. The zero-order valence-electron chi connectivity index (χ0n) is 12.5. The average Bonchev–Trinajstić information content (AvgIpc) is 2.95. The summed E-state index contributed by atoms with van der Waals surface area (Å²) in [6.07, 6.45) is 3.39. The van der Waals surface area contributed by atoms with Crippen LogP contribution in [-0.4, -0.2) is 34.8 Å². The van der Waals surface area contributed by atoms with Gasteiger partial charge in [-0.2, -0.15) is 5.10 Å². The maximum Gasteiger partial charge on any atom is 0.254 e. The molecule has 0 unspecified atom stereocenters. The Morgan fingerprint density at radius 3 is 2.81 bits per heavy atom. The highest BCUT2D eigenvalue weighted by molar-refractivity contribution is 5.93. The molecule has 2 N–H and O–H groups in total. The van der Waals surface area contributed by atoms with Crippen LogP contribution >= 0.6 is 0 Å². The minimum absolute atomic E-state index is 0.0842. The summed E-state index contributed by atoms with van der Waals surface area (Å²) >= 11 is 0. The van der Waals surface area contributed by atoms with Crippen molar-refractivity contribution >= 4 is 5.91 Å². The predicted molar refractivity (Wildman–Crippen MR) is 83.2 cm³/mol. The Bertz CT molecular complexity index is 565. The van der Waals surface area contributed by atoms with E-state index in [2.05, 4.69) is 15.7 Å². The first-order valence-corrected chi connectivity index (χ1v) is 7.27. The number of benzene rings is 1. The lowest BCUT2D eigenvalue weighted by atomic mass is 10.2. The second-order valence-electron chi connectivity index (χ2n) is 5.08. The molecule has 1 aromatic heterocycles. The fourth-order valence-electron chi connectivity index (χ4n) is 2.11. The SMILES string of the molecule is CCN[C@H](C)CNC(=O)c1cnn(Cc2ccccc2)c1. The second kappa shape index (κ2) is 7.59. The van der Waals surface area contributed by atoms with Gasteiger partial charge in [0.15, 0.2) is 0 Å². The van der Waals surface area contributed by atoms with E-state index in [1.807, 2.05) is 44.2 Å². The van der Waals surface area contributed by atoms with E-state index < -0.39 is 0 Å². The highest BCUT2D eigenvalue weighted by atomic mass is 16.1. The third-order valence-corrected chi connectivity index (χ3v) is 3.20. The summed E-state index contributed by atoms with van der Waals surface area (Å²) in [5.41, 5.74) is 1.75. The van der Waals surface area contributed by atoms with E-state index in [1.54, 1.807) is 17.1 Å². The average molecular weight is 286 g/mol. The van der Waals surface area contributed by atoms with E-state index in [-0.39, 0.29) is 11.9 Å². The molecule has 0 aliphatic heterocycles. The molecule has 0 spiro atoms. The Balaban J connectivity index is 1.89. The highest BCUT2D eigenvalue weighted by Gasteiger charge is 2.09. The molecule has 1 amide bonds. The summed E-state index contributed by atoms with van der Waals surface area (Å²) in [5.74, 6) is -0.0842. The minimum Gasteiger partial charge on any atom is -0.350 e. The molecule has 21 heavy (non-hydrogen) atoms. The summed E-state index contributed by atoms with van der Waals surface area (Å²) in [5, 5.41) is 10.4. The van der Waals surface area contributed by atoms with Crippen molar-refractivity contribution in [3.63, 3.8) is 0 Å². The lowest BCUT2D eigenvalue weighted by Gasteiger charge is -2.12. The lowest BCUT2D eigenvalue weighted by molar-refractivity contribution is 0.0950. The molecule has 5 nitrogen and oxygen atoms in total. The maximum absolute atomic E-state index is 12.0. The van der Waals surface area contributed by atoms with E-state index in [9.17, 15) is 4.79 Å². The zero-order valence-corrected chi connectivity index (χ0v) is 12.5. The molecule has 1 aromatic carbocycles. The molecule has 5 heteroatoms. The Labute approximate surface area is 125 Å². The van der Waals surface area contributed by atoms with Gasteiger partial charge in [-0.25, -0.2) is 0 Å². The van der Waals surface area contributed by atoms with Crippen LogP contribution in [0.2, 0.25) is 0 Å². The molecule has 0 aliphatic rings. The summed E-state index contributed by atoms with van der Waals surface area (Å²) in [6.45, 7) is 6.26. The Hall–Kier alpha value is -2.14. The second-order valence-corrected chi connectivity index (χ2v) is 5.08. The number of aromatic nitrogens is 2. The molecular weight excluding hydrogens is 264 g/mol. The molecule has 112 valence electrons. The molecular formula is C16H22N4O. The normalized spacial score (nSPS) is 12.1. The van der Waals surface area contributed by atoms with E-state index in [0.29, 0.717) is 18.7 Å². The number of nitrogens with zero attached hydrogens (tertiary/aromatic N) is 2. The van der Waals surface area contributed by atoms with Crippen molar-refractivity contribution in [2.24, 2.45) is 0 Å². The van der Waals surface area contributed by atoms with Crippen molar-refractivity contribution in [1.82, 2.24) is 20.4 Å². The van der Waals surface area contributed by atoms with Gasteiger partial charge in [0.1, 0.15) is 0 Å². The number of amides is 1. The zero-order chi connectivity index (χ0) is 15.1. The molecule has 0 fully saturated rings. The van der Waals surface area contributed by atoms with E-state index in [0.717, 1.165) is 12.1 Å². The molecule has 0 bridgehead atoms. The molecule has 2 aromatic rings. The van der Waals surface area contributed by atoms with Gasteiger partial charge in [0.25, 0.3) is 5.91 Å². The summed E-state index contributed by atoms with van der Waals surface area (Å²) < 4.78 is 1.78. The van der Waals surface area contributed by atoms with Gasteiger partial charge in [0.05, 0.1) is 18.3 Å². The summed E-state index contributed by atoms with van der Waals surface area (Å²) in [4.78, 5) is 12.0. The molecule has 2 rings (SSSR count). The van der Waals surface area contributed by atoms with Crippen LogP contribution in [0.3, 0.4) is 0 Å². The van der Waals surface area contributed by atoms with Gasteiger partial charge in [-0.3, -0.25) is 9.48 Å². The standard InChI is InChI=1S/C16H22N4O/c1-3-17-13(2)9-18-16(21)15-10-19-20(12-15)11-14-7-5-4-6-8-14/h4-8,10,12-13,17H,3,9,11H2,1-2H3,(H,18,21)/t13-/m1/s1. The molecule has 0 saturated heterocycles. The predicted octanol–water partition coefficient (Wildman–Crippen LogP) is 1.66. The van der Waals surface area contributed by atoms with Gasteiger partial charge < -0.3 is 10.6 Å². The molecule has 0 saturated carbocycles. The van der Waals surface area contributed by atoms with Crippen molar-refractivity contribution in [2.75, 3.05) is 13.1 Å². The minimum atomic E-state index is -0.0842. The number of carbonyl (C=O) groups is 1. The van der Waals surface area contributed by atoms with Crippen LogP contribution in [0, 0.1) is 0 Å². The van der Waals surface area contributed by atoms with E-state index in [1.165, 1.54) is 0 Å². The number of nitrogens with one attached hydrogen (secondary N) is 2. The van der Waals surface area contributed by atoms with Crippen molar-refractivity contribution in [2.45, 2.75) is 26.4 Å². The Morgan fingerprint density at radius 2 is 2.10 bits per heavy atom. The van der Waals surface area contributed by atoms with Gasteiger partial charge in [0, 0.05) is 18.8 Å². The fraction of sp³-hybridized carbons (Fsp3) is 0.375. The van der Waals surface area contributed by atoms with Gasteiger partial charge in [0.2, 0.25) is 0 Å². The van der Waals surface area contributed by atoms with Crippen LogP contribution in [0.15, 0.2) is 42.7 Å². The first-order chi connectivity index (χ1) is 10.2. The number of likely N-dealkylation sites (N-methyl/N-ethyl adjacent to an activating group) is 1. The first-order valence-electron chi connectivity index (χ1n) is 7.27. The van der Waals surface area contributed by atoms with Crippen LogP contribution < -0.4 is 10.6 Å². The van der Waals surface area contributed by atoms with Crippen molar-refractivity contribution in [1.29, 1.82) is 0 Å². The molecule has 0 radical (unpaired) electrons. The topological polar surface area (TPSA) is 58.9 Å². The number of rotatable bonds is 7. The Kier molecular flexibility index (Phi) is 5.51. The number of carbonyl (C=O) groups excluding carboxylic acids is 1. The lowest BCUT2D eigenvalue weighted by Crippen LogP contribution is -2.38.